The van der Waals surface area contributed by atoms with Crippen LogP contribution in [0.2, 0.25) is 0 Å². The predicted molar refractivity (Wildman–Crippen MR) is 122 cm³/mol. The molecule has 0 aromatic carbocycles. The average Bonchev–Trinajstić information content (AvgIpc) is 3.12. The third-order valence-corrected chi connectivity index (χ3v) is 7.09. The van der Waals surface area contributed by atoms with E-state index in [9.17, 15) is 0 Å². The number of thioether (sulfide) groups is 1. The first kappa shape index (κ1) is 22.0. The molecule has 2 aliphatic heterocycles. The summed E-state index contributed by atoms with van der Waals surface area (Å²) in [5.41, 5.74) is 3.16. The van der Waals surface area contributed by atoms with Gasteiger partial charge in [0.1, 0.15) is 5.84 Å². The van der Waals surface area contributed by atoms with E-state index in [1.165, 1.54) is 18.0 Å². The maximum atomic E-state index is 8.58. The van der Waals surface area contributed by atoms with Crippen molar-refractivity contribution in [2.24, 2.45) is 16.8 Å². The summed E-state index contributed by atoms with van der Waals surface area (Å²) in [4.78, 5) is 7.52. The predicted octanol–water partition coefficient (Wildman–Crippen LogP) is 6.44. The first-order chi connectivity index (χ1) is 13.1. The molecule has 0 aliphatic carbocycles. The van der Waals surface area contributed by atoms with Crippen molar-refractivity contribution >= 4 is 23.3 Å². The van der Waals surface area contributed by atoms with Gasteiger partial charge in [-0.15, -0.1) is 11.8 Å². The Kier molecular flexibility index (Phi) is 8.88. The van der Waals surface area contributed by atoms with Gasteiger partial charge in [0.25, 0.3) is 0 Å². The minimum atomic E-state index is 0.392. The van der Waals surface area contributed by atoms with E-state index in [1.54, 1.807) is 0 Å². The molecule has 4 heteroatoms. The molecular formula is C23H37N3S. The quantitative estimate of drug-likeness (QED) is 0.438. The van der Waals surface area contributed by atoms with Gasteiger partial charge in [0.05, 0.1) is 17.5 Å². The van der Waals surface area contributed by atoms with Gasteiger partial charge in [0, 0.05) is 17.8 Å². The minimum Gasteiger partial charge on any atom is -0.332 e. The largest absolute Gasteiger partial charge is 0.332 e. The van der Waals surface area contributed by atoms with Crippen LogP contribution < -0.4 is 0 Å². The van der Waals surface area contributed by atoms with Crippen LogP contribution in [0.5, 0.6) is 0 Å². The molecule has 2 aliphatic rings. The fraction of sp³-hybridized carbons (Fsp3) is 0.652. The molecule has 0 bridgehead atoms. The van der Waals surface area contributed by atoms with E-state index >= 15 is 0 Å². The number of hydrogen-bond acceptors (Lipinski definition) is 4. The highest BCUT2D eigenvalue weighted by Gasteiger charge is 2.37. The zero-order chi connectivity index (χ0) is 19.8. The normalized spacial score (nSPS) is 22.5. The molecule has 2 rings (SSSR count). The molecule has 0 saturated carbocycles. The molecule has 0 radical (unpaired) electrons. The van der Waals surface area contributed by atoms with Crippen LogP contribution in [0, 0.1) is 17.2 Å². The summed E-state index contributed by atoms with van der Waals surface area (Å²) in [5.74, 6) is 2.50. The zero-order valence-corrected chi connectivity index (χ0v) is 18.6. The maximum absolute atomic E-state index is 8.58. The molecule has 1 saturated heterocycles. The van der Waals surface area contributed by atoms with E-state index in [0.717, 1.165) is 37.8 Å². The Morgan fingerprint density at radius 1 is 1.37 bits per heavy atom. The summed E-state index contributed by atoms with van der Waals surface area (Å²) in [6, 6.07) is 0. The van der Waals surface area contributed by atoms with E-state index in [-0.39, 0.29) is 0 Å². The van der Waals surface area contributed by atoms with E-state index in [2.05, 4.69) is 57.1 Å². The number of nitrogens with zero attached hydrogens (tertiary/aromatic N) is 2. The van der Waals surface area contributed by atoms with Crippen molar-refractivity contribution in [1.29, 1.82) is 5.41 Å². The lowest BCUT2D eigenvalue weighted by molar-refractivity contribution is 0.465. The second-order valence-corrected chi connectivity index (χ2v) is 8.76. The highest BCUT2D eigenvalue weighted by Crippen LogP contribution is 2.38. The van der Waals surface area contributed by atoms with Gasteiger partial charge < -0.3 is 10.3 Å². The van der Waals surface area contributed by atoms with E-state index in [4.69, 9.17) is 10.4 Å². The Balaban J connectivity index is 2.32. The third-order valence-electron chi connectivity index (χ3n) is 5.69. The van der Waals surface area contributed by atoms with Crippen molar-refractivity contribution in [3.05, 3.63) is 34.9 Å². The standard InChI is InChI=1S/C23H37N3S/c1-6-10-11-12-20(24)19-15-25-23(22(17(5)8-3)27-13-7-2)26-16-18(9-4)14-21(19)26/h7,11-13,17-18,22,24H,6,8-10,14-16H2,1-5H3/b12-11-,13-7-,24-20?. The lowest BCUT2D eigenvalue weighted by atomic mass is 9.98. The maximum Gasteiger partial charge on any atom is 0.117 e. The number of rotatable bonds is 10. The van der Waals surface area contributed by atoms with Gasteiger partial charge in [0.15, 0.2) is 0 Å². The molecule has 1 fully saturated rings. The van der Waals surface area contributed by atoms with E-state index in [1.807, 2.05) is 17.8 Å². The molecule has 0 amide bonds. The fourth-order valence-corrected chi connectivity index (χ4v) is 4.83. The third kappa shape index (κ3) is 5.37. The first-order valence-corrected chi connectivity index (χ1v) is 11.6. The molecule has 0 spiro atoms. The molecule has 27 heavy (non-hydrogen) atoms. The van der Waals surface area contributed by atoms with Gasteiger partial charge in [-0.2, -0.15) is 0 Å². The number of allylic oxidation sites excluding steroid dienone is 4. The van der Waals surface area contributed by atoms with E-state index in [0.29, 0.717) is 29.3 Å². The smallest absolute Gasteiger partial charge is 0.117 e. The van der Waals surface area contributed by atoms with Crippen LogP contribution in [0.4, 0.5) is 0 Å². The zero-order valence-electron chi connectivity index (χ0n) is 17.8. The lowest BCUT2D eigenvalue weighted by Crippen LogP contribution is -2.41. The fourth-order valence-electron chi connectivity index (χ4n) is 3.72. The van der Waals surface area contributed by atoms with Crippen molar-refractivity contribution < 1.29 is 0 Å². The van der Waals surface area contributed by atoms with Gasteiger partial charge >= 0.3 is 0 Å². The number of unbranched alkanes of at least 4 members (excludes halogenated alkanes) is 1. The highest BCUT2D eigenvalue weighted by atomic mass is 32.2. The Morgan fingerprint density at radius 2 is 2.15 bits per heavy atom. The highest BCUT2D eigenvalue weighted by molar-refractivity contribution is 8.03. The molecule has 0 aromatic rings. The minimum absolute atomic E-state index is 0.392. The van der Waals surface area contributed by atoms with Crippen molar-refractivity contribution in [3.63, 3.8) is 0 Å². The van der Waals surface area contributed by atoms with Gasteiger partial charge in [-0.25, -0.2) is 0 Å². The van der Waals surface area contributed by atoms with Crippen LogP contribution in [0.15, 0.2) is 39.9 Å². The van der Waals surface area contributed by atoms with Crippen LogP contribution in [0.1, 0.15) is 66.7 Å². The van der Waals surface area contributed by atoms with Gasteiger partial charge in [-0.05, 0) is 43.1 Å². The van der Waals surface area contributed by atoms with Crippen LogP contribution in [-0.4, -0.2) is 34.8 Å². The molecule has 150 valence electrons. The van der Waals surface area contributed by atoms with Crippen molar-refractivity contribution in [1.82, 2.24) is 4.90 Å². The molecule has 3 atom stereocenters. The monoisotopic (exact) mass is 387 g/mol. The van der Waals surface area contributed by atoms with Gasteiger partial charge in [-0.3, -0.25) is 4.99 Å². The molecule has 3 nitrogen and oxygen atoms in total. The summed E-state index contributed by atoms with van der Waals surface area (Å²) in [6.07, 6.45) is 11.9. The van der Waals surface area contributed by atoms with E-state index < -0.39 is 0 Å². The number of amidine groups is 1. The van der Waals surface area contributed by atoms with Crippen LogP contribution >= 0.6 is 11.8 Å². The SMILES string of the molecule is C/C=C\SC(C1=NCC(C(=N)/C=C\CCC)=C2CC(CC)CN12)C(C)CC. The van der Waals surface area contributed by atoms with Crippen molar-refractivity contribution in [3.8, 4) is 0 Å². The Bertz CT molecular complexity index is 630. The lowest BCUT2D eigenvalue weighted by Gasteiger charge is -2.35. The molecule has 0 aromatic heterocycles. The van der Waals surface area contributed by atoms with Crippen LogP contribution in [0.25, 0.3) is 0 Å². The Labute approximate surface area is 170 Å². The Hall–Kier alpha value is -1.29. The second kappa shape index (κ2) is 10.9. The number of hydrogen-bond donors (Lipinski definition) is 1. The van der Waals surface area contributed by atoms with Crippen molar-refractivity contribution in [2.75, 3.05) is 13.1 Å². The topological polar surface area (TPSA) is 39.5 Å². The van der Waals surface area contributed by atoms with Crippen LogP contribution in [0.3, 0.4) is 0 Å². The first-order valence-electron chi connectivity index (χ1n) is 10.6. The second-order valence-electron chi connectivity index (χ2n) is 7.71. The molecule has 3 unspecified atom stereocenters. The average molecular weight is 388 g/mol. The molecular weight excluding hydrogens is 350 g/mol. The van der Waals surface area contributed by atoms with Crippen molar-refractivity contribution in [2.45, 2.75) is 72.0 Å². The summed E-state index contributed by atoms with van der Waals surface area (Å²) < 4.78 is 0. The summed E-state index contributed by atoms with van der Waals surface area (Å²) in [5, 5.41) is 11.2. The number of nitrogens with one attached hydrogen (secondary N) is 1. The summed E-state index contributed by atoms with van der Waals surface area (Å²) >= 11 is 1.90. The van der Waals surface area contributed by atoms with Crippen LogP contribution in [-0.2, 0) is 0 Å². The molecule has 1 N–H and O–H groups in total. The number of aliphatic imine (C=N–C) groups is 1. The number of fused-ring (bicyclic) bond motifs is 1. The van der Waals surface area contributed by atoms with Gasteiger partial charge in [0.2, 0.25) is 0 Å². The van der Waals surface area contributed by atoms with Gasteiger partial charge in [-0.1, -0.05) is 59.1 Å². The molecule has 2 heterocycles. The summed E-state index contributed by atoms with van der Waals surface area (Å²) in [7, 11) is 0. The summed E-state index contributed by atoms with van der Waals surface area (Å²) in [6.45, 7) is 12.9. The Morgan fingerprint density at radius 3 is 2.78 bits per heavy atom.